The van der Waals surface area contributed by atoms with E-state index in [1.165, 1.54) is 4.31 Å². The number of thiophene rings is 1. The highest BCUT2D eigenvalue weighted by molar-refractivity contribution is 7.89. The molecule has 1 aliphatic heterocycles. The second kappa shape index (κ2) is 9.43. The Morgan fingerprint density at radius 2 is 1.71 bits per heavy atom. The summed E-state index contributed by atoms with van der Waals surface area (Å²) in [7, 11) is -3.53. The number of amides is 1. The van der Waals surface area contributed by atoms with Gasteiger partial charge in [-0.2, -0.15) is 4.31 Å². The second-order valence-corrected chi connectivity index (χ2v) is 12.6. The molecule has 2 aromatic rings. The molecule has 1 amide bonds. The minimum absolute atomic E-state index is 0.0201. The van der Waals surface area contributed by atoms with Crippen molar-refractivity contribution >= 4 is 27.3 Å². The fourth-order valence-electron chi connectivity index (χ4n) is 3.96. The molecule has 1 aromatic carbocycles. The van der Waals surface area contributed by atoms with Crippen LogP contribution >= 0.6 is 11.3 Å². The first-order valence-corrected chi connectivity index (χ1v) is 13.3. The van der Waals surface area contributed by atoms with Crippen molar-refractivity contribution in [3.8, 4) is 0 Å². The number of piperidine rings is 1. The van der Waals surface area contributed by atoms with Crippen molar-refractivity contribution in [1.29, 1.82) is 0 Å². The molecule has 1 saturated heterocycles. The summed E-state index contributed by atoms with van der Waals surface area (Å²) in [4.78, 5) is 14.5. The minimum atomic E-state index is -3.53. The third-order valence-corrected chi connectivity index (χ3v) is 8.84. The number of nitrogens with one attached hydrogen (secondary N) is 1. The molecule has 0 bridgehead atoms. The van der Waals surface area contributed by atoms with Crippen LogP contribution in [0.15, 0.2) is 46.7 Å². The quantitative estimate of drug-likeness (QED) is 0.643. The average Bonchev–Trinajstić information content (AvgIpc) is 3.25. The van der Waals surface area contributed by atoms with Crippen molar-refractivity contribution < 1.29 is 13.2 Å². The molecule has 5 nitrogen and oxygen atoms in total. The van der Waals surface area contributed by atoms with E-state index >= 15 is 0 Å². The molecular formula is C24H34N2O3S2. The molecule has 0 saturated carbocycles. The van der Waals surface area contributed by atoms with E-state index in [0.29, 0.717) is 36.7 Å². The summed E-state index contributed by atoms with van der Waals surface area (Å²) in [6.07, 6.45) is 1.08. The van der Waals surface area contributed by atoms with Gasteiger partial charge in [0.2, 0.25) is 15.9 Å². The summed E-state index contributed by atoms with van der Waals surface area (Å²) in [5, 5.41) is 5.26. The molecule has 31 heavy (non-hydrogen) atoms. The van der Waals surface area contributed by atoms with E-state index in [1.54, 1.807) is 23.5 Å². The van der Waals surface area contributed by atoms with Crippen LogP contribution in [0.25, 0.3) is 0 Å². The molecular weight excluding hydrogens is 428 g/mol. The fraction of sp³-hybridized carbons (Fsp3) is 0.542. The molecule has 1 aliphatic rings. The normalized spacial score (nSPS) is 17.6. The maximum Gasteiger partial charge on any atom is 0.243 e. The largest absolute Gasteiger partial charge is 0.348 e. The SMILES string of the molecule is CC(C)c1ccc(S(=O)(=O)N2CCC(C(=O)NC(c3cccs3)C(C)(C)C)CC2)cc1. The zero-order valence-corrected chi connectivity index (χ0v) is 20.7. The molecule has 1 atom stereocenters. The number of carbonyl (C=O) groups is 1. The highest BCUT2D eigenvalue weighted by atomic mass is 32.2. The van der Waals surface area contributed by atoms with Crippen molar-refractivity contribution in [3.05, 3.63) is 52.2 Å². The summed E-state index contributed by atoms with van der Waals surface area (Å²) < 4.78 is 27.6. The van der Waals surface area contributed by atoms with Crippen LogP contribution in [0.2, 0.25) is 0 Å². The van der Waals surface area contributed by atoms with Gasteiger partial charge in [0.05, 0.1) is 10.9 Å². The minimum Gasteiger partial charge on any atom is -0.348 e. The number of sulfonamides is 1. The van der Waals surface area contributed by atoms with Gasteiger partial charge in [-0.15, -0.1) is 11.3 Å². The number of hydrogen-bond donors (Lipinski definition) is 1. The molecule has 0 aliphatic carbocycles. The Kier molecular flexibility index (Phi) is 7.28. The summed E-state index contributed by atoms with van der Waals surface area (Å²) in [6, 6.07) is 11.2. The van der Waals surface area contributed by atoms with Crippen molar-refractivity contribution in [2.45, 2.75) is 64.3 Å². The molecule has 7 heteroatoms. The zero-order chi connectivity index (χ0) is 22.8. The molecule has 0 spiro atoms. The van der Waals surface area contributed by atoms with Gasteiger partial charge >= 0.3 is 0 Å². The highest BCUT2D eigenvalue weighted by Gasteiger charge is 2.35. The fourth-order valence-corrected chi connectivity index (χ4v) is 6.45. The van der Waals surface area contributed by atoms with Gasteiger partial charge in [-0.3, -0.25) is 4.79 Å². The van der Waals surface area contributed by atoms with E-state index < -0.39 is 10.0 Å². The molecule has 0 radical (unpaired) electrons. The third kappa shape index (κ3) is 5.57. The maximum absolute atomic E-state index is 13.0. The van der Waals surface area contributed by atoms with Crippen LogP contribution in [-0.2, 0) is 14.8 Å². The lowest BCUT2D eigenvalue weighted by molar-refractivity contribution is -0.127. The van der Waals surface area contributed by atoms with Crippen molar-refractivity contribution in [3.63, 3.8) is 0 Å². The number of nitrogens with zero attached hydrogens (tertiary/aromatic N) is 1. The van der Waals surface area contributed by atoms with Crippen molar-refractivity contribution in [2.24, 2.45) is 11.3 Å². The molecule has 1 N–H and O–H groups in total. The van der Waals surface area contributed by atoms with Gasteiger partial charge in [-0.05, 0) is 53.3 Å². The first kappa shape index (κ1) is 24.0. The Bertz CT molecular complexity index is 967. The molecule has 1 fully saturated rings. The van der Waals surface area contributed by atoms with Crippen LogP contribution in [0.3, 0.4) is 0 Å². The Balaban J connectivity index is 1.63. The van der Waals surface area contributed by atoms with Gasteiger partial charge in [0.1, 0.15) is 0 Å². The second-order valence-electron chi connectivity index (χ2n) is 9.73. The van der Waals surface area contributed by atoms with E-state index in [-0.39, 0.29) is 23.3 Å². The van der Waals surface area contributed by atoms with E-state index in [1.807, 2.05) is 23.6 Å². The molecule has 170 valence electrons. The van der Waals surface area contributed by atoms with Gasteiger partial charge in [0.15, 0.2) is 0 Å². The van der Waals surface area contributed by atoms with Crippen LogP contribution in [-0.4, -0.2) is 31.7 Å². The van der Waals surface area contributed by atoms with E-state index in [0.717, 1.165) is 10.4 Å². The number of carbonyl (C=O) groups excluding carboxylic acids is 1. The van der Waals surface area contributed by atoms with E-state index in [4.69, 9.17) is 0 Å². The predicted molar refractivity (Wildman–Crippen MR) is 127 cm³/mol. The highest BCUT2D eigenvalue weighted by Crippen LogP contribution is 2.36. The molecule has 2 heterocycles. The van der Waals surface area contributed by atoms with E-state index in [2.05, 4.69) is 46.0 Å². The first-order chi connectivity index (χ1) is 14.5. The number of benzene rings is 1. The Hall–Kier alpha value is -1.70. The van der Waals surface area contributed by atoms with Gasteiger partial charge in [0, 0.05) is 23.9 Å². The standard InChI is InChI=1S/C24H34N2O3S2/c1-17(2)18-8-10-20(11-9-18)31(28,29)26-14-12-19(13-15-26)23(27)25-22(24(3,4)5)21-7-6-16-30-21/h6-11,16-17,19,22H,12-15H2,1-5H3,(H,25,27). The Labute approximate surface area is 190 Å². The van der Waals surface area contributed by atoms with Gasteiger partial charge in [-0.25, -0.2) is 8.42 Å². The van der Waals surface area contributed by atoms with Gasteiger partial charge in [-0.1, -0.05) is 52.8 Å². The lowest BCUT2D eigenvalue weighted by Gasteiger charge is -2.34. The van der Waals surface area contributed by atoms with Crippen LogP contribution in [0.4, 0.5) is 0 Å². The predicted octanol–water partition coefficient (Wildman–Crippen LogP) is 5.18. The molecule has 1 unspecified atom stereocenters. The van der Waals surface area contributed by atoms with Crippen LogP contribution in [0.1, 0.15) is 69.9 Å². The zero-order valence-electron chi connectivity index (χ0n) is 19.1. The van der Waals surface area contributed by atoms with Gasteiger partial charge in [0.25, 0.3) is 0 Å². The van der Waals surface area contributed by atoms with E-state index in [9.17, 15) is 13.2 Å². The van der Waals surface area contributed by atoms with Crippen LogP contribution in [0.5, 0.6) is 0 Å². The Morgan fingerprint density at radius 1 is 1.10 bits per heavy atom. The van der Waals surface area contributed by atoms with Crippen LogP contribution in [0, 0.1) is 11.3 Å². The smallest absolute Gasteiger partial charge is 0.243 e. The average molecular weight is 463 g/mol. The first-order valence-electron chi connectivity index (χ1n) is 10.9. The molecule has 1 aromatic heterocycles. The number of hydrogen-bond acceptors (Lipinski definition) is 4. The molecule has 3 rings (SSSR count). The summed E-state index contributed by atoms with van der Waals surface area (Å²) in [5.74, 6) is 0.211. The Morgan fingerprint density at radius 3 is 2.19 bits per heavy atom. The summed E-state index contributed by atoms with van der Waals surface area (Å²) >= 11 is 1.65. The summed E-state index contributed by atoms with van der Waals surface area (Å²) in [5.41, 5.74) is 1.01. The summed E-state index contributed by atoms with van der Waals surface area (Å²) in [6.45, 7) is 11.3. The van der Waals surface area contributed by atoms with Crippen molar-refractivity contribution in [1.82, 2.24) is 9.62 Å². The van der Waals surface area contributed by atoms with Crippen LogP contribution < -0.4 is 5.32 Å². The maximum atomic E-state index is 13.0. The van der Waals surface area contributed by atoms with Crippen molar-refractivity contribution in [2.75, 3.05) is 13.1 Å². The topological polar surface area (TPSA) is 66.5 Å². The lowest BCUT2D eigenvalue weighted by atomic mass is 9.85. The van der Waals surface area contributed by atoms with Gasteiger partial charge < -0.3 is 5.32 Å². The monoisotopic (exact) mass is 462 g/mol. The number of rotatable bonds is 6. The third-order valence-electron chi connectivity index (χ3n) is 5.99. The lowest BCUT2D eigenvalue weighted by Crippen LogP contribution is -2.45.